The predicted molar refractivity (Wildman–Crippen MR) is 76.5 cm³/mol. The number of carboxylic acids is 1. The highest BCUT2D eigenvalue weighted by Gasteiger charge is 2.22. The number of carboxylic acid groups (broad SMARTS) is 1. The van der Waals surface area contributed by atoms with Gasteiger partial charge in [-0.25, -0.2) is 9.80 Å². The number of nitrogens with one attached hydrogen (secondary N) is 1. The summed E-state index contributed by atoms with van der Waals surface area (Å²) in [7, 11) is 1.47. The van der Waals surface area contributed by atoms with E-state index in [9.17, 15) is 14.4 Å². The van der Waals surface area contributed by atoms with Crippen LogP contribution in [0.15, 0.2) is 23.3 Å². The van der Waals surface area contributed by atoms with Crippen molar-refractivity contribution in [3.63, 3.8) is 0 Å². The lowest BCUT2D eigenvalue weighted by Gasteiger charge is -2.19. The molecule has 0 radical (unpaired) electrons. The van der Waals surface area contributed by atoms with Crippen LogP contribution >= 0.6 is 11.6 Å². The minimum atomic E-state index is -1.15. The van der Waals surface area contributed by atoms with Gasteiger partial charge in [-0.1, -0.05) is 11.6 Å². The van der Waals surface area contributed by atoms with Gasteiger partial charge in [0.1, 0.15) is 5.71 Å². The van der Waals surface area contributed by atoms with E-state index in [4.69, 9.17) is 16.7 Å². The number of benzene rings is 1. The van der Waals surface area contributed by atoms with Gasteiger partial charge >= 0.3 is 5.97 Å². The molecule has 8 heteroatoms. The third kappa shape index (κ3) is 3.57. The van der Waals surface area contributed by atoms with Crippen LogP contribution in [0.1, 0.15) is 23.2 Å². The Morgan fingerprint density at radius 2 is 2.05 bits per heavy atom. The van der Waals surface area contributed by atoms with Crippen LogP contribution in [0.25, 0.3) is 0 Å². The van der Waals surface area contributed by atoms with Crippen molar-refractivity contribution >= 4 is 40.8 Å². The van der Waals surface area contributed by atoms with Gasteiger partial charge in [0.25, 0.3) is 5.91 Å². The molecule has 110 valence electrons. The summed E-state index contributed by atoms with van der Waals surface area (Å²) in [5, 5.41) is 16.7. The number of hydrogen-bond donors (Lipinski definition) is 2. The second-order valence-corrected chi connectivity index (χ2v) is 4.89. The van der Waals surface area contributed by atoms with Gasteiger partial charge in [-0.2, -0.15) is 5.10 Å². The molecule has 21 heavy (non-hydrogen) atoms. The van der Waals surface area contributed by atoms with Crippen LogP contribution in [-0.4, -0.2) is 40.7 Å². The molecular formula is C13H12ClN3O4. The maximum absolute atomic E-state index is 12.0. The molecule has 1 aromatic rings. The Kier molecular flexibility index (Phi) is 4.23. The molecule has 0 bridgehead atoms. The fourth-order valence-corrected chi connectivity index (χ4v) is 2.06. The average Bonchev–Trinajstić information content (AvgIpc) is 2.41. The molecule has 2 amide bonds. The minimum Gasteiger partial charge on any atom is -0.478 e. The number of hydrazone groups is 1. The molecule has 7 nitrogen and oxygen atoms in total. The summed E-state index contributed by atoms with van der Waals surface area (Å²) in [6.07, 6.45) is 0.444. The number of amides is 2. The first-order chi connectivity index (χ1) is 9.86. The first-order valence-corrected chi connectivity index (χ1v) is 6.44. The van der Waals surface area contributed by atoms with Gasteiger partial charge in [0.15, 0.2) is 0 Å². The number of halogens is 1. The number of anilines is 1. The van der Waals surface area contributed by atoms with E-state index in [1.54, 1.807) is 0 Å². The largest absolute Gasteiger partial charge is 0.478 e. The molecule has 2 N–H and O–H groups in total. The van der Waals surface area contributed by atoms with Gasteiger partial charge in [0.2, 0.25) is 5.91 Å². The Bertz CT molecular complexity index is 657. The van der Waals surface area contributed by atoms with Crippen LogP contribution in [0, 0.1) is 0 Å². The van der Waals surface area contributed by atoms with E-state index in [0.717, 1.165) is 5.01 Å². The van der Waals surface area contributed by atoms with E-state index >= 15 is 0 Å². The zero-order chi connectivity index (χ0) is 15.6. The zero-order valence-electron chi connectivity index (χ0n) is 11.1. The second kappa shape index (κ2) is 5.92. The molecule has 0 aliphatic carbocycles. The molecule has 1 aromatic carbocycles. The highest BCUT2D eigenvalue weighted by Crippen LogP contribution is 2.20. The molecule has 0 aromatic heterocycles. The molecule has 0 unspecified atom stereocenters. The topological polar surface area (TPSA) is 99.1 Å². The van der Waals surface area contributed by atoms with E-state index in [0.29, 0.717) is 0 Å². The van der Waals surface area contributed by atoms with Gasteiger partial charge < -0.3 is 10.4 Å². The van der Waals surface area contributed by atoms with Crippen molar-refractivity contribution in [3.8, 4) is 0 Å². The minimum absolute atomic E-state index is 0.0318. The Labute approximate surface area is 125 Å². The van der Waals surface area contributed by atoms with E-state index in [-0.39, 0.29) is 40.7 Å². The normalized spacial score (nSPS) is 14.7. The van der Waals surface area contributed by atoms with Crippen molar-refractivity contribution in [2.45, 2.75) is 12.8 Å². The molecule has 1 aliphatic heterocycles. The van der Waals surface area contributed by atoms with Crippen molar-refractivity contribution in [1.82, 2.24) is 5.01 Å². The van der Waals surface area contributed by atoms with Crippen molar-refractivity contribution in [2.75, 3.05) is 12.4 Å². The van der Waals surface area contributed by atoms with Crippen LogP contribution in [0.5, 0.6) is 0 Å². The molecule has 0 atom stereocenters. The summed E-state index contributed by atoms with van der Waals surface area (Å²) >= 11 is 5.81. The van der Waals surface area contributed by atoms with Crippen molar-refractivity contribution in [2.24, 2.45) is 5.10 Å². The van der Waals surface area contributed by atoms with Gasteiger partial charge in [-0.05, 0) is 18.2 Å². The van der Waals surface area contributed by atoms with E-state index in [2.05, 4.69) is 10.4 Å². The Morgan fingerprint density at radius 1 is 1.33 bits per heavy atom. The monoisotopic (exact) mass is 309 g/mol. The second-order valence-electron chi connectivity index (χ2n) is 4.45. The van der Waals surface area contributed by atoms with Crippen LogP contribution in [-0.2, 0) is 9.59 Å². The number of aromatic carboxylic acids is 1. The number of carbonyl (C=O) groups is 3. The number of hydrogen-bond acceptors (Lipinski definition) is 4. The van der Waals surface area contributed by atoms with Crippen molar-refractivity contribution < 1.29 is 19.5 Å². The van der Waals surface area contributed by atoms with Crippen LogP contribution in [0.2, 0.25) is 5.02 Å². The molecule has 2 rings (SSSR count). The van der Waals surface area contributed by atoms with Crippen molar-refractivity contribution in [1.29, 1.82) is 0 Å². The van der Waals surface area contributed by atoms with Gasteiger partial charge in [-0.15, -0.1) is 0 Å². The SMILES string of the molecule is CN1N=C(C(=O)Nc2cc(Cl)cc(C(=O)O)c2)CCC1=O. The molecule has 0 fully saturated rings. The van der Waals surface area contributed by atoms with E-state index in [1.807, 2.05) is 0 Å². The molecule has 1 heterocycles. The molecule has 1 aliphatic rings. The third-order valence-electron chi connectivity index (χ3n) is 2.87. The van der Waals surface area contributed by atoms with Crippen molar-refractivity contribution in [3.05, 3.63) is 28.8 Å². The highest BCUT2D eigenvalue weighted by molar-refractivity contribution is 6.43. The first-order valence-electron chi connectivity index (χ1n) is 6.06. The van der Waals surface area contributed by atoms with Gasteiger partial charge in [0.05, 0.1) is 5.56 Å². The Balaban J connectivity index is 2.18. The fourth-order valence-electron chi connectivity index (χ4n) is 1.82. The van der Waals surface area contributed by atoms with Gasteiger partial charge in [0, 0.05) is 30.6 Å². The van der Waals surface area contributed by atoms with E-state index < -0.39 is 11.9 Å². The summed E-state index contributed by atoms with van der Waals surface area (Å²) in [6.45, 7) is 0. The summed E-state index contributed by atoms with van der Waals surface area (Å²) in [5.74, 6) is -1.80. The first kappa shape index (κ1) is 15.0. The lowest BCUT2D eigenvalue weighted by atomic mass is 10.1. The summed E-state index contributed by atoms with van der Waals surface area (Å²) in [5.41, 5.74) is 0.428. The number of rotatable bonds is 3. The summed E-state index contributed by atoms with van der Waals surface area (Å²) in [4.78, 5) is 34.3. The number of nitrogens with zero attached hydrogens (tertiary/aromatic N) is 2. The van der Waals surface area contributed by atoms with Crippen LogP contribution in [0.3, 0.4) is 0 Å². The van der Waals surface area contributed by atoms with Crippen LogP contribution in [0.4, 0.5) is 5.69 Å². The fraction of sp³-hybridized carbons (Fsp3) is 0.231. The maximum atomic E-state index is 12.0. The molecule has 0 spiro atoms. The lowest BCUT2D eigenvalue weighted by molar-refractivity contribution is -0.130. The predicted octanol–water partition coefficient (Wildman–Crippen LogP) is 1.58. The Hall–Kier alpha value is -2.41. The molecule has 0 saturated carbocycles. The summed E-state index contributed by atoms with van der Waals surface area (Å²) < 4.78 is 0. The third-order valence-corrected chi connectivity index (χ3v) is 3.09. The van der Waals surface area contributed by atoms with E-state index in [1.165, 1.54) is 25.2 Å². The zero-order valence-corrected chi connectivity index (χ0v) is 11.8. The highest BCUT2D eigenvalue weighted by atomic mass is 35.5. The molecular weight excluding hydrogens is 298 g/mol. The quantitative estimate of drug-likeness (QED) is 0.885. The summed E-state index contributed by atoms with van der Waals surface area (Å²) in [6, 6.07) is 4.01. The lowest BCUT2D eigenvalue weighted by Crippen LogP contribution is -2.34. The standard InChI is InChI=1S/C13H12ClN3O4/c1-17-11(18)3-2-10(16-17)12(19)15-9-5-7(13(20)21)4-8(14)6-9/h4-6H,2-3H2,1H3,(H,15,19)(H,20,21). The number of carbonyl (C=O) groups excluding carboxylic acids is 2. The molecule has 0 saturated heterocycles. The van der Waals surface area contributed by atoms with Gasteiger partial charge in [-0.3, -0.25) is 9.59 Å². The Morgan fingerprint density at radius 3 is 2.67 bits per heavy atom. The average molecular weight is 310 g/mol. The van der Waals surface area contributed by atoms with Crippen LogP contribution < -0.4 is 5.32 Å². The maximum Gasteiger partial charge on any atom is 0.335 e. The smallest absolute Gasteiger partial charge is 0.335 e.